The van der Waals surface area contributed by atoms with Crippen molar-refractivity contribution >= 4 is 23.3 Å². The second kappa shape index (κ2) is 19.7. The molecule has 0 aliphatic carbocycles. The lowest BCUT2D eigenvalue weighted by molar-refractivity contribution is -0.137. The number of unbranched alkanes of at least 4 members (excludes halogenated alkanes) is 11. The monoisotopic (exact) mass is 312 g/mol. The number of allylic oxidation sites excluding steroid dienone is 2. The fourth-order valence-electron chi connectivity index (χ4n) is 2.35. The molecule has 1 N–H and O–H groups in total. The van der Waals surface area contributed by atoms with Crippen molar-refractivity contribution in [2.24, 2.45) is 0 Å². The van der Waals surface area contributed by atoms with Crippen LogP contribution in [0.25, 0.3) is 0 Å². The first-order chi connectivity index (χ1) is 9.77. The quantitative estimate of drug-likeness (QED) is 0.265. The molecule has 0 heterocycles. The Labute approximate surface area is 142 Å². The number of carboxylic acid groups (broad SMARTS) is 1. The SMILES string of the molecule is CCCCCCCCC=CCCCCCCCC(=O)O.[AlH3]. The van der Waals surface area contributed by atoms with Crippen LogP contribution in [0.15, 0.2) is 12.2 Å². The van der Waals surface area contributed by atoms with Crippen molar-refractivity contribution in [3.63, 3.8) is 0 Å². The molecule has 0 unspecified atom stereocenters. The molecule has 0 aromatic carbocycles. The van der Waals surface area contributed by atoms with Gasteiger partial charge in [-0.1, -0.05) is 70.4 Å². The van der Waals surface area contributed by atoms with Crippen LogP contribution in [0, 0.1) is 0 Å². The summed E-state index contributed by atoms with van der Waals surface area (Å²) < 4.78 is 0. The molecule has 0 aliphatic rings. The molecular weight excluding hydrogens is 275 g/mol. The van der Waals surface area contributed by atoms with E-state index in [1.165, 1.54) is 70.6 Å². The van der Waals surface area contributed by atoms with Crippen LogP contribution in [0.3, 0.4) is 0 Å². The largest absolute Gasteiger partial charge is 0.481 e. The molecule has 0 atom stereocenters. The van der Waals surface area contributed by atoms with Gasteiger partial charge in [0.25, 0.3) is 0 Å². The van der Waals surface area contributed by atoms with Gasteiger partial charge in [-0.3, -0.25) is 4.79 Å². The number of carboxylic acids is 1. The van der Waals surface area contributed by atoms with Crippen LogP contribution in [0.2, 0.25) is 0 Å². The number of carbonyl (C=O) groups is 1. The summed E-state index contributed by atoms with van der Waals surface area (Å²) >= 11 is 0. The summed E-state index contributed by atoms with van der Waals surface area (Å²) in [6, 6.07) is 0. The van der Waals surface area contributed by atoms with Crippen molar-refractivity contribution in [3.05, 3.63) is 12.2 Å². The van der Waals surface area contributed by atoms with Gasteiger partial charge in [-0.2, -0.15) is 0 Å². The molecule has 2 nitrogen and oxygen atoms in total. The zero-order valence-corrected chi connectivity index (χ0v) is 13.4. The van der Waals surface area contributed by atoms with E-state index < -0.39 is 5.97 Å². The van der Waals surface area contributed by atoms with Gasteiger partial charge < -0.3 is 5.11 Å². The summed E-state index contributed by atoms with van der Waals surface area (Å²) in [5.41, 5.74) is 0. The number of hydrogen-bond donors (Lipinski definition) is 1. The molecular formula is C18H37AlO2. The number of aliphatic carboxylic acids is 1. The van der Waals surface area contributed by atoms with Gasteiger partial charge in [0.2, 0.25) is 0 Å². The van der Waals surface area contributed by atoms with Crippen LogP contribution < -0.4 is 0 Å². The Hall–Kier alpha value is -0.258. The zero-order chi connectivity index (χ0) is 14.9. The molecule has 0 aliphatic heterocycles. The third-order valence-electron chi connectivity index (χ3n) is 3.65. The summed E-state index contributed by atoms with van der Waals surface area (Å²) in [5, 5.41) is 8.51. The molecule has 0 bridgehead atoms. The van der Waals surface area contributed by atoms with Gasteiger partial charge in [0.15, 0.2) is 17.4 Å². The van der Waals surface area contributed by atoms with E-state index >= 15 is 0 Å². The van der Waals surface area contributed by atoms with E-state index in [0.717, 1.165) is 12.8 Å². The van der Waals surface area contributed by atoms with Gasteiger partial charge in [-0.05, 0) is 32.1 Å². The smallest absolute Gasteiger partial charge is 0.303 e. The van der Waals surface area contributed by atoms with Crippen LogP contribution in [0.4, 0.5) is 0 Å². The normalized spacial score (nSPS) is 10.7. The van der Waals surface area contributed by atoms with Crippen LogP contribution in [-0.2, 0) is 4.79 Å². The highest BCUT2D eigenvalue weighted by Gasteiger charge is 1.95. The molecule has 0 radical (unpaired) electrons. The topological polar surface area (TPSA) is 37.3 Å². The molecule has 0 aromatic heterocycles. The van der Waals surface area contributed by atoms with Gasteiger partial charge in [0, 0.05) is 6.42 Å². The highest BCUT2D eigenvalue weighted by molar-refractivity contribution is 5.75. The molecule has 0 saturated carbocycles. The van der Waals surface area contributed by atoms with Crippen molar-refractivity contribution in [3.8, 4) is 0 Å². The average molecular weight is 312 g/mol. The Bertz CT molecular complexity index is 239. The fourth-order valence-corrected chi connectivity index (χ4v) is 2.35. The Morgan fingerprint density at radius 2 is 1.19 bits per heavy atom. The number of rotatable bonds is 15. The molecule has 0 spiro atoms. The van der Waals surface area contributed by atoms with E-state index in [1.54, 1.807) is 0 Å². The first-order valence-corrected chi connectivity index (χ1v) is 8.64. The second-order valence-corrected chi connectivity index (χ2v) is 5.73. The van der Waals surface area contributed by atoms with Gasteiger partial charge in [-0.25, -0.2) is 0 Å². The lowest BCUT2D eigenvalue weighted by Gasteiger charge is -1.99. The van der Waals surface area contributed by atoms with Crippen molar-refractivity contribution in [2.45, 2.75) is 96.8 Å². The minimum atomic E-state index is -0.664. The Morgan fingerprint density at radius 1 is 0.762 bits per heavy atom. The first kappa shape index (κ1) is 23.0. The summed E-state index contributed by atoms with van der Waals surface area (Å²) in [7, 11) is 0. The van der Waals surface area contributed by atoms with Crippen molar-refractivity contribution in [2.75, 3.05) is 0 Å². The third-order valence-corrected chi connectivity index (χ3v) is 3.65. The Morgan fingerprint density at radius 3 is 1.67 bits per heavy atom. The number of hydrogen-bond acceptors (Lipinski definition) is 1. The summed E-state index contributed by atoms with van der Waals surface area (Å²) in [6.07, 6.45) is 21.2. The Balaban J connectivity index is 0. The highest BCUT2D eigenvalue weighted by atomic mass is 27.0. The molecule has 0 amide bonds. The summed E-state index contributed by atoms with van der Waals surface area (Å²) in [6.45, 7) is 2.26. The van der Waals surface area contributed by atoms with E-state index in [9.17, 15) is 4.79 Å². The predicted molar refractivity (Wildman–Crippen MR) is 97.0 cm³/mol. The second-order valence-electron chi connectivity index (χ2n) is 5.73. The van der Waals surface area contributed by atoms with Crippen LogP contribution >= 0.6 is 0 Å². The average Bonchev–Trinajstić information content (AvgIpc) is 2.43. The fraction of sp³-hybridized carbons (Fsp3) is 0.833. The van der Waals surface area contributed by atoms with Crippen molar-refractivity contribution < 1.29 is 9.90 Å². The van der Waals surface area contributed by atoms with E-state index in [-0.39, 0.29) is 17.4 Å². The van der Waals surface area contributed by atoms with Gasteiger partial charge in [0.05, 0.1) is 0 Å². The van der Waals surface area contributed by atoms with Gasteiger partial charge in [0.1, 0.15) is 0 Å². The lowest BCUT2D eigenvalue weighted by Crippen LogP contribution is -1.93. The third kappa shape index (κ3) is 22.2. The lowest BCUT2D eigenvalue weighted by atomic mass is 10.1. The molecule has 0 saturated heterocycles. The molecule has 0 fully saturated rings. The zero-order valence-electron chi connectivity index (χ0n) is 13.4. The van der Waals surface area contributed by atoms with E-state index in [0.29, 0.717) is 6.42 Å². The molecule has 0 rings (SSSR count). The standard InChI is InChI=1S/C18H34O2.Al.3H/c1-2-3-4-5-6-7-8-9-10-11-12-13-14-15-16-17-18(19)20;;;;/h9-10H,2-8,11-17H2,1H3,(H,19,20);;;;. The first-order valence-electron chi connectivity index (χ1n) is 8.64. The van der Waals surface area contributed by atoms with Crippen molar-refractivity contribution in [1.82, 2.24) is 0 Å². The van der Waals surface area contributed by atoms with E-state index in [4.69, 9.17) is 5.11 Å². The molecule has 21 heavy (non-hydrogen) atoms. The van der Waals surface area contributed by atoms with Crippen LogP contribution in [0.5, 0.6) is 0 Å². The summed E-state index contributed by atoms with van der Waals surface area (Å²) in [5.74, 6) is -0.664. The van der Waals surface area contributed by atoms with Gasteiger partial charge >= 0.3 is 5.97 Å². The predicted octanol–water partition coefficient (Wildman–Crippen LogP) is 4.92. The van der Waals surface area contributed by atoms with Crippen LogP contribution in [0.1, 0.15) is 96.8 Å². The maximum atomic E-state index is 10.3. The maximum absolute atomic E-state index is 10.3. The van der Waals surface area contributed by atoms with Crippen LogP contribution in [-0.4, -0.2) is 28.4 Å². The minimum Gasteiger partial charge on any atom is -0.481 e. The summed E-state index contributed by atoms with van der Waals surface area (Å²) in [4.78, 5) is 10.3. The molecule has 124 valence electrons. The molecule has 0 aromatic rings. The minimum absolute atomic E-state index is 0. The highest BCUT2D eigenvalue weighted by Crippen LogP contribution is 2.09. The Kier molecular flexibility index (Phi) is 21.6. The van der Waals surface area contributed by atoms with E-state index in [1.807, 2.05) is 0 Å². The van der Waals surface area contributed by atoms with E-state index in [2.05, 4.69) is 19.1 Å². The van der Waals surface area contributed by atoms with Gasteiger partial charge in [-0.15, -0.1) is 0 Å². The van der Waals surface area contributed by atoms with Crippen molar-refractivity contribution in [1.29, 1.82) is 0 Å². The molecule has 3 heteroatoms. The maximum Gasteiger partial charge on any atom is 0.303 e.